The first kappa shape index (κ1) is 33.0. The van der Waals surface area contributed by atoms with Crippen LogP contribution in [0.4, 0.5) is 0 Å². The molecule has 58 heavy (non-hydrogen) atoms. The van der Waals surface area contributed by atoms with Crippen LogP contribution in [0.15, 0.2) is 176 Å². The van der Waals surface area contributed by atoms with Crippen molar-refractivity contribution in [2.24, 2.45) is 0 Å². The van der Waals surface area contributed by atoms with Crippen molar-refractivity contribution in [3.63, 3.8) is 0 Å². The summed E-state index contributed by atoms with van der Waals surface area (Å²) in [5.41, 5.74) is 15.5. The maximum Gasteiger partial charge on any atom is 2.00 e. The Labute approximate surface area is 345 Å². The van der Waals surface area contributed by atoms with Crippen LogP contribution >= 0.6 is 0 Å². The van der Waals surface area contributed by atoms with Crippen molar-refractivity contribution < 1.29 is 21.1 Å². The van der Waals surface area contributed by atoms with Gasteiger partial charge >= 0.3 is 21.1 Å². The minimum absolute atomic E-state index is 0. The van der Waals surface area contributed by atoms with Crippen molar-refractivity contribution in [2.45, 2.75) is 0 Å². The Morgan fingerprint density at radius 2 is 0.897 bits per heavy atom. The van der Waals surface area contributed by atoms with Gasteiger partial charge in [-0.15, -0.1) is 35.7 Å². The van der Waals surface area contributed by atoms with Crippen LogP contribution in [0.25, 0.3) is 106 Å². The summed E-state index contributed by atoms with van der Waals surface area (Å²) in [6, 6.07) is 69.6. The Hall–Kier alpha value is -7.21. The fourth-order valence-corrected chi connectivity index (χ4v) is 9.00. The van der Waals surface area contributed by atoms with E-state index in [-0.39, 0.29) is 21.1 Å². The SMILES string of the molecule is [Pt+2].[c-]1c(-n2c3[c-]c(-n4c5ccccc5n5c6ccccc6nc45)ccc3c3ccccc32)cccc1-n1c2cc(-c3ccccc3)ccc2n2c3ccccc3nc12. The third-order valence-corrected chi connectivity index (χ3v) is 11.5. The molecule has 0 fully saturated rings. The molecular formula is C50H29N7Pt. The molecule has 0 amide bonds. The summed E-state index contributed by atoms with van der Waals surface area (Å²) in [6.07, 6.45) is 0. The molecule has 8 heteroatoms. The van der Waals surface area contributed by atoms with Gasteiger partial charge in [-0.2, -0.15) is 12.1 Å². The second kappa shape index (κ2) is 12.4. The molecule has 13 rings (SSSR count). The minimum atomic E-state index is 0. The number of rotatable bonds is 4. The third kappa shape index (κ3) is 4.53. The van der Waals surface area contributed by atoms with Crippen molar-refractivity contribution in [1.82, 2.24) is 32.5 Å². The summed E-state index contributed by atoms with van der Waals surface area (Å²) in [5.74, 6) is 1.70. The van der Waals surface area contributed by atoms with E-state index in [0.29, 0.717) is 0 Å². The molecule has 0 aliphatic heterocycles. The van der Waals surface area contributed by atoms with Crippen molar-refractivity contribution in [1.29, 1.82) is 0 Å². The van der Waals surface area contributed by atoms with E-state index in [1.165, 1.54) is 5.56 Å². The molecule has 0 spiro atoms. The van der Waals surface area contributed by atoms with Gasteiger partial charge in [0.1, 0.15) is 0 Å². The summed E-state index contributed by atoms with van der Waals surface area (Å²) >= 11 is 0. The summed E-state index contributed by atoms with van der Waals surface area (Å²) in [4.78, 5) is 10.4. The monoisotopic (exact) mass is 922 g/mol. The Kier molecular flexibility index (Phi) is 7.05. The molecule has 0 atom stereocenters. The molecule has 8 aromatic carbocycles. The van der Waals surface area contributed by atoms with E-state index in [9.17, 15) is 0 Å². The molecule has 274 valence electrons. The van der Waals surface area contributed by atoms with Crippen LogP contribution in [-0.4, -0.2) is 32.5 Å². The first-order valence-corrected chi connectivity index (χ1v) is 19.1. The largest absolute Gasteiger partial charge is 2.00 e. The summed E-state index contributed by atoms with van der Waals surface area (Å²) in [7, 11) is 0. The maximum absolute atomic E-state index is 5.21. The van der Waals surface area contributed by atoms with Gasteiger partial charge in [-0.05, 0) is 71.1 Å². The van der Waals surface area contributed by atoms with E-state index in [1.54, 1.807) is 0 Å². The molecule has 0 aliphatic carbocycles. The molecule has 7 nitrogen and oxygen atoms in total. The zero-order valence-corrected chi connectivity index (χ0v) is 33.0. The first-order valence-electron chi connectivity index (χ1n) is 19.1. The van der Waals surface area contributed by atoms with Crippen LogP contribution in [-0.2, 0) is 21.1 Å². The molecular weight excluding hydrogens is 894 g/mol. The molecule has 0 aliphatic rings. The molecule has 13 aromatic rings. The molecule has 5 aromatic heterocycles. The number of imidazole rings is 4. The van der Waals surface area contributed by atoms with Crippen molar-refractivity contribution in [3.05, 3.63) is 188 Å². The van der Waals surface area contributed by atoms with Gasteiger partial charge in [0.25, 0.3) is 0 Å². The predicted octanol–water partition coefficient (Wildman–Crippen LogP) is 11.5. The maximum atomic E-state index is 5.21. The molecule has 0 saturated heterocycles. The van der Waals surface area contributed by atoms with Crippen molar-refractivity contribution in [2.75, 3.05) is 0 Å². The smallest absolute Gasteiger partial charge is 0.358 e. The van der Waals surface area contributed by atoms with Gasteiger partial charge in [0, 0.05) is 5.52 Å². The van der Waals surface area contributed by atoms with E-state index in [1.807, 2.05) is 12.1 Å². The number of benzene rings is 8. The van der Waals surface area contributed by atoms with Crippen LogP contribution in [0.1, 0.15) is 0 Å². The Balaban J connectivity index is 0.00000366. The quantitative estimate of drug-likeness (QED) is 0.165. The zero-order valence-electron chi connectivity index (χ0n) is 30.7. The Morgan fingerprint density at radius 1 is 0.345 bits per heavy atom. The number of hydrogen-bond donors (Lipinski definition) is 0. The van der Waals surface area contributed by atoms with E-state index in [4.69, 9.17) is 9.97 Å². The van der Waals surface area contributed by atoms with Crippen LogP contribution < -0.4 is 0 Å². The van der Waals surface area contributed by atoms with Gasteiger partial charge < -0.3 is 13.7 Å². The number of para-hydroxylation sites is 7. The standard InChI is InChI=1S/C50H29N7.Pt/c1-2-13-32(14-3-1)33-25-28-46-48(29-33)55(50-52-40-19-6-9-22-43(40)57(46)50)35-16-12-15-34(30-35)53-41-20-7-4-17-37(41)38-27-26-36(31-47(38)53)54-44-23-10-11-24-45(44)56-42-21-8-5-18-39(42)51-49(54)56;/h1-29H;/q-2;+2. The second-order valence-corrected chi connectivity index (χ2v) is 14.6. The van der Waals surface area contributed by atoms with E-state index in [0.717, 1.165) is 100 Å². The number of hydrogen-bond acceptors (Lipinski definition) is 2. The fraction of sp³-hybridized carbons (Fsp3) is 0. The number of nitrogens with zero attached hydrogens (tertiary/aromatic N) is 7. The molecule has 0 radical (unpaired) electrons. The first-order chi connectivity index (χ1) is 28.3. The normalized spacial score (nSPS) is 12.0. The number of fused-ring (bicyclic) bond motifs is 13. The van der Waals surface area contributed by atoms with Crippen LogP contribution in [0.3, 0.4) is 0 Å². The summed E-state index contributed by atoms with van der Waals surface area (Å²) in [5, 5.41) is 2.28. The van der Waals surface area contributed by atoms with Gasteiger partial charge in [-0.25, -0.2) is 9.97 Å². The Morgan fingerprint density at radius 3 is 1.62 bits per heavy atom. The van der Waals surface area contributed by atoms with Gasteiger partial charge in [0.05, 0.1) is 44.1 Å². The zero-order chi connectivity index (χ0) is 37.2. The van der Waals surface area contributed by atoms with Crippen molar-refractivity contribution >= 4 is 77.5 Å². The Bertz CT molecular complexity index is 3770. The van der Waals surface area contributed by atoms with Gasteiger partial charge in [0.2, 0.25) is 11.6 Å². The van der Waals surface area contributed by atoms with Crippen molar-refractivity contribution in [3.8, 4) is 28.2 Å². The van der Waals surface area contributed by atoms with Gasteiger partial charge in [0.15, 0.2) is 0 Å². The number of aromatic nitrogens is 7. The van der Waals surface area contributed by atoms with Gasteiger partial charge in [-0.3, -0.25) is 8.80 Å². The van der Waals surface area contributed by atoms with E-state index < -0.39 is 0 Å². The summed E-state index contributed by atoms with van der Waals surface area (Å²) in [6.45, 7) is 0. The van der Waals surface area contributed by atoms with Crippen LogP contribution in [0, 0.1) is 12.1 Å². The molecule has 0 unspecified atom stereocenters. The average molecular weight is 923 g/mol. The van der Waals surface area contributed by atoms with Crippen LogP contribution in [0.5, 0.6) is 0 Å². The fourth-order valence-electron chi connectivity index (χ4n) is 9.00. The van der Waals surface area contributed by atoms with E-state index in [2.05, 4.69) is 198 Å². The van der Waals surface area contributed by atoms with Gasteiger partial charge in [-0.1, -0.05) is 114 Å². The molecule has 0 saturated carbocycles. The molecule has 5 heterocycles. The molecule has 0 N–H and O–H groups in total. The summed E-state index contributed by atoms with van der Waals surface area (Å²) < 4.78 is 11.3. The van der Waals surface area contributed by atoms with E-state index >= 15 is 0 Å². The topological polar surface area (TPSA) is 49.4 Å². The predicted molar refractivity (Wildman–Crippen MR) is 230 cm³/mol. The van der Waals surface area contributed by atoms with Crippen LogP contribution in [0.2, 0.25) is 0 Å². The third-order valence-electron chi connectivity index (χ3n) is 11.5. The second-order valence-electron chi connectivity index (χ2n) is 14.6. The average Bonchev–Trinajstić information content (AvgIpc) is 4.06. The molecule has 0 bridgehead atoms. The minimum Gasteiger partial charge on any atom is -0.358 e.